The van der Waals surface area contributed by atoms with Gasteiger partial charge >= 0.3 is 0 Å². The molecule has 2 aliphatic heterocycles. The summed E-state index contributed by atoms with van der Waals surface area (Å²) in [4.78, 5) is 4.67. The summed E-state index contributed by atoms with van der Waals surface area (Å²) >= 11 is 0. The van der Waals surface area contributed by atoms with Crippen LogP contribution in [0, 0.1) is 0 Å². The minimum absolute atomic E-state index is 0.765. The molecule has 11 rings (SSSR count). The summed E-state index contributed by atoms with van der Waals surface area (Å²) < 4.78 is 16.2. The second-order valence-electron chi connectivity index (χ2n) is 13.4. The van der Waals surface area contributed by atoms with Gasteiger partial charge in [0.15, 0.2) is 0 Å². The molecule has 0 unspecified atom stereocenters. The molecule has 0 amide bonds. The number of aromatic nitrogens is 2. The van der Waals surface area contributed by atoms with Crippen LogP contribution in [0.5, 0.6) is 23.0 Å². The van der Waals surface area contributed by atoms with Crippen LogP contribution < -0.4 is 9.47 Å². The number of benzene rings is 7. The lowest BCUT2D eigenvalue weighted by Crippen LogP contribution is -2.37. The molecule has 0 radical (unpaired) electrons. The second-order valence-corrected chi connectivity index (χ2v) is 13.4. The molecule has 1 spiro atoms. The zero-order valence-corrected chi connectivity index (χ0v) is 28.0. The molecule has 0 fully saturated rings. The molecule has 2 aromatic heterocycles. The predicted octanol–water partition coefficient (Wildman–Crippen LogP) is 12.1. The van der Waals surface area contributed by atoms with E-state index in [-0.39, 0.29) is 0 Å². The highest BCUT2D eigenvalue weighted by Gasteiger charge is 2.52. The van der Waals surface area contributed by atoms with Crippen LogP contribution in [0.2, 0.25) is 0 Å². The molecule has 0 saturated heterocycles. The zero-order valence-electron chi connectivity index (χ0n) is 28.0. The average Bonchev–Trinajstić information content (AvgIpc) is 3.56. The molecule has 0 N–H and O–H groups in total. The maximum Gasteiger partial charge on any atom is 0.132 e. The quantitative estimate of drug-likeness (QED) is 0.188. The van der Waals surface area contributed by atoms with Crippen molar-refractivity contribution in [3.63, 3.8) is 0 Å². The Balaban J connectivity index is 1.29. The van der Waals surface area contributed by atoms with Crippen molar-refractivity contribution in [3.05, 3.63) is 204 Å². The van der Waals surface area contributed by atoms with Crippen LogP contribution >= 0.6 is 0 Å². The number of fused-ring (bicyclic) bond motifs is 11. The summed E-state index contributed by atoms with van der Waals surface area (Å²) in [5, 5.41) is 2.42. The van der Waals surface area contributed by atoms with E-state index in [0.717, 1.165) is 78.8 Å². The van der Waals surface area contributed by atoms with Crippen molar-refractivity contribution in [1.82, 2.24) is 9.55 Å². The lowest BCUT2D eigenvalue weighted by atomic mass is 9.60. The van der Waals surface area contributed by atoms with Crippen molar-refractivity contribution < 1.29 is 9.47 Å². The standard InChI is InChI=1S/C48H30N2O2/c1-2-14-32(15-3-1)50-41-23-7-4-16-33(41)35-18-12-19-36(47(35)50)34-17-13-26-44-46(34)48(37-20-5-8-24-42(37)51-43-25-9-6-21-38(43)48)39-28-27-31(30-45(39)52-44)40-22-10-11-29-49-40/h1-30H. The highest BCUT2D eigenvalue weighted by molar-refractivity contribution is 6.14. The van der Waals surface area contributed by atoms with Crippen LogP contribution in [0.25, 0.3) is 49.9 Å². The fourth-order valence-corrected chi connectivity index (χ4v) is 8.73. The van der Waals surface area contributed by atoms with Crippen molar-refractivity contribution in [1.29, 1.82) is 0 Å². The molecule has 244 valence electrons. The topological polar surface area (TPSA) is 36.3 Å². The van der Waals surface area contributed by atoms with Gasteiger partial charge in [0.05, 0.1) is 22.1 Å². The third kappa shape index (κ3) is 3.95. The summed E-state index contributed by atoms with van der Waals surface area (Å²) in [5.74, 6) is 3.28. The number of hydrogen-bond donors (Lipinski definition) is 0. The zero-order chi connectivity index (χ0) is 34.2. The Morgan fingerprint density at radius 1 is 0.462 bits per heavy atom. The van der Waals surface area contributed by atoms with Gasteiger partial charge in [0.2, 0.25) is 0 Å². The number of pyridine rings is 1. The fraction of sp³-hybridized carbons (Fsp3) is 0.0208. The third-order valence-corrected chi connectivity index (χ3v) is 10.8. The van der Waals surface area contributed by atoms with Crippen LogP contribution in [0.3, 0.4) is 0 Å². The van der Waals surface area contributed by atoms with Gasteiger partial charge in [-0.3, -0.25) is 4.98 Å². The van der Waals surface area contributed by atoms with E-state index in [1.54, 1.807) is 0 Å². The molecule has 0 atom stereocenters. The summed E-state index contributed by atoms with van der Waals surface area (Å²) in [6.45, 7) is 0. The monoisotopic (exact) mass is 666 g/mol. The van der Waals surface area contributed by atoms with Crippen molar-refractivity contribution in [3.8, 4) is 51.1 Å². The molecule has 4 heteroatoms. The van der Waals surface area contributed by atoms with E-state index >= 15 is 0 Å². The molecule has 4 nitrogen and oxygen atoms in total. The molecule has 2 aliphatic rings. The van der Waals surface area contributed by atoms with Crippen molar-refractivity contribution in [2.24, 2.45) is 0 Å². The fourth-order valence-electron chi connectivity index (χ4n) is 8.73. The van der Waals surface area contributed by atoms with E-state index in [1.165, 1.54) is 16.3 Å². The van der Waals surface area contributed by atoms with E-state index in [2.05, 4.69) is 167 Å². The number of rotatable bonds is 3. The van der Waals surface area contributed by atoms with Crippen LogP contribution in [0.4, 0.5) is 0 Å². The molecular weight excluding hydrogens is 637 g/mol. The molecule has 0 aliphatic carbocycles. The van der Waals surface area contributed by atoms with Crippen molar-refractivity contribution in [2.75, 3.05) is 0 Å². The average molecular weight is 667 g/mol. The number of nitrogens with zero attached hydrogens (tertiary/aromatic N) is 2. The Morgan fingerprint density at radius 3 is 1.90 bits per heavy atom. The lowest BCUT2D eigenvalue weighted by molar-refractivity contribution is 0.400. The first-order valence-electron chi connectivity index (χ1n) is 17.6. The summed E-state index contributed by atoms with van der Waals surface area (Å²) in [6, 6.07) is 62.1. The van der Waals surface area contributed by atoms with Gasteiger partial charge in [-0.2, -0.15) is 0 Å². The minimum atomic E-state index is -0.765. The van der Waals surface area contributed by atoms with Gasteiger partial charge in [-0.05, 0) is 60.2 Å². The first kappa shape index (κ1) is 28.9. The second kappa shape index (κ2) is 11.0. The largest absolute Gasteiger partial charge is 0.457 e. The Hall–Kier alpha value is -6.91. The van der Waals surface area contributed by atoms with E-state index < -0.39 is 5.41 Å². The lowest BCUT2D eigenvalue weighted by Gasteiger charge is -2.45. The first-order valence-corrected chi connectivity index (χ1v) is 17.6. The number of ether oxygens (including phenoxy) is 2. The van der Waals surface area contributed by atoms with E-state index in [9.17, 15) is 0 Å². The SMILES string of the molecule is c1ccc(-n2c3ccccc3c3cccc(-c4cccc5c4C4(c6ccccc6Oc6ccccc64)c4ccc(-c6ccccn6)cc4O5)c32)cc1. The molecular formula is C48H30N2O2. The van der Waals surface area contributed by atoms with Crippen LogP contribution in [-0.2, 0) is 5.41 Å². The summed E-state index contributed by atoms with van der Waals surface area (Å²) in [6.07, 6.45) is 1.83. The molecule has 9 aromatic rings. The van der Waals surface area contributed by atoms with Gasteiger partial charge in [0, 0.05) is 56.0 Å². The highest BCUT2D eigenvalue weighted by atomic mass is 16.5. The highest BCUT2D eigenvalue weighted by Crippen LogP contribution is 2.63. The summed E-state index contributed by atoms with van der Waals surface area (Å²) in [5.41, 5.74) is 11.1. The van der Waals surface area contributed by atoms with Crippen LogP contribution in [0.15, 0.2) is 182 Å². The normalized spacial score (nSPS) is 13.5. The van der Waals surface area contributed by atoms with Gasteiger partial charge in [-0.1, -0.05) is 121 Å². The predicted molar refractivity (Wildman–Crippen MR) is 208 cm³/mol. The molecule has 0 saturated carbocycles. The maximum absolute atomic E-state index is 7.07. The Kier molecular flexibility index (Phi) is 6.13. The summed E-state index contributed by atoms with van der Waals surface area (Å²) in [7, 11) is 0. The van der Waals surface area contributed by atoms with E-state index in [1.807, 2.05) is 24.4 Å². The van der Waals surface area contributed by atoms with Crippen molar-refractivity contribution >= 4 is 21.8 Å². The van der Waals surface area contributed by atoms with Gasteiger partial charge in [-0.15, -0.1) is 0 Å². The van der Waals surface area contributed by atoms with E-state index in [0.29, 0.717) is 0 Å². The first-order chi connectivity index (χ1) is 25.8. The van der Waals surface area contributed by atoms with Gasteiger partial charge in [-0.25, -0.2) is 0 Å². The van der Waals surface area contributed by atoms with Crippen LogP contribution in [0.1, 0.15) is 22.3 Å². The van der Waals surface area contributed by atoms with E-state index in [4.69, 9.17) is 9.47 Å². The minimum Gasteiger partial charge on any atom is -0.457 e. The number of para-hydroxylation sites is 5. The van der Waals surface area contributed by atoms with Gasteiger partial charge < -0.3 is 14.0 Å². The maximum atomic E-state index is 7.07. The molecule has 52 heavy (non-hydrogen) atoms. The van der Waals surface area contributed by atoms with Gasteiger partial charge in [0.1, 0.15) is 23.0 Å². The molecule has 7 aromatic carbocycles. The third-order valence-electron chi connectivity index (χ3n) is 10.8. The van der Waals surface area contributed by atoms with Crippen molar-refractivity contribution in [2.45, 2.75) is 5.41 Å². The molecule has 0 bridgehead atoms. The Morgan fingerprint density at radius 2 is 1.10 bits per heavy atom. The molecule has 4 heterocycles. The smallest absolute Gasteiger partial charge is 0.132 e. The number of hydrogen-bond acceptors (Lipinski definition) is 3. The Bertz CT molecular complexity index is 2810. The van der Waals surface area contributed by atoms with Gasteiger partial charge in [0.25, 0.3) is 0 Å². The Labute approximate surface area is 300 Å². The van der Waals surface area contributed by atoms with Crippen LogP contribution in [-0.4, -0.2) is 9.55 Å².